The molecule has 0 fully saturated rings. The summed E-state index contributed by atoms with van der Waals surface area (Å²) in [7, 11) is 2.06. The zero-order valence-electron chi connectivity index (χ0n) is 13.8. The topological polar surface area (TPSA) is 23.5 Å². The molecule has 23 heavy (non-hydrogen) atoms. The maximum absolute atomic E-state index is 9.03. The molecule has 0 atom stereocenters. The van der Waals surface area contributed by atoms with Crippen molar-refractivity contribution in [2.24, 2.45) is 0 Å². The van der Waals surface area contributed by atoms with Crippen molar-refractivity contribution in [3.8, 4) is 0 Å². The summed E-state index contributed by atoms with van der Waals surface area (Å²) in [5.41, 5.74) is 7.01. The van der Waals surface area contributed by atoms with E-state index < -0.39 is 0 Å². The lowest BCUT2D eigenvalue weighted by Crippen LogP contribution is -2.22. The lowest BCUT2D eigenvalue weighted by Gasteiger charge is -2.15. The van der Waals surface area contributed by atoms with Crippen LogP contribution >= 0.6 is 0 Å². The number of benzene rings is 2. The van der Waals surface area contributed by atoms with Gasteiger partial charge in [-0.15, -0.1) is 0 Å². The molecule has 2 aromatic carbocycles. The van der Waals surface area contributed by atoms with Gasteiger partial charge in [0.25, 0.3) is 0 Å². The maximum Gasteiger partial charge on any atom is 0.0558 e. The molecule has 2 aromatic rings. The van der Waals surface area contributed by atoms with Gasteiger partial charge in [0.15, 0.2) is 0 Å². The summed E-state index contributed by atoms with van der Waals surface area (Å²) >= 11 is 0. The van der Waals surface area contributed by atoms with Crippen LogP contribution in [-0.4, -0.2) is 36.8 Å². The lowest BCUT2D eigenvalue weighted by atomic mass is 9.93. The summed E-state index contributed by atoms with van der Waals surface area (Å²) in [6.07, 6.45) is 5.58. The number of aliphatic hydroxyl groups is 1. The van der Waals surface area contributed by atoms with Crippen LogP contribution in [0.2, 0.25) is 0 Å². The highest BCUT2D eigenvalue weighted by atomic mass is 16.3. The number of rotatable bonds is 5. The van der Waals surface area contributed by atoms with E-state index in [-0.39, 0.29) is 6.61 Å². The van der Waals surface area contributed by atoms with Crippen molar-refractivity contribution in [3.63, 3.8) is 0 Å². The van der Waals surface area contributed by atoms with Crippen molar-refractivity contribution in [3.05, 3.63) is 76.9 Å². The first kappa shape index (κ1) is 16.0. The minimum absolute atomic E-state index is 0.221. The van der Waals surface area contributed by atoms with E-state index in [9.17, 15) is 0 Å². The Morgan fingerprint density at radius 2 is 1.48 bits per heavy atom. The molecule has 0 aromatic heterocycles. The fourth-order valence-corrected chi connectivity index (χ4v) is 3.35. The Balaban J connectivity index is 1.93. The SMILES string of the molecule is CN(CCO)CCC=C1c2ccccc2CCc2ccccc21. The molecule has 0 heterocycles. The van der Waals surface area contributed by atoms with Crippen LogP contribution in [0, 0.1) is 0 Å². The molecule has 1 aliphatic rings. The third-order valence-corrected chi connectivity index (χ3v) is 4.62. The van der Waals surface area contributed by atoms with E-state index in [1.165, 1.54) is 27.8 Å². The van der Waals surface area contributed by atoms with Gasteiger partial charge in [0.2, 0.25) is 0 Å². The van der Waals surface area contributed by atoms with Gasteiger partial charge in [-0.05, 0) is 54.1 Å². The van der Waals surface area contributed by atoms with Gasteiger partial charge in [-0.2, -0.15) is 0 Å². The smallest absolute Gasteiger partial charge is 0.0558 e. The summed E-state index contributed by atoms with van der Waals surface area (Å²) in [6.45, 7) is 1.92. The molecule has 1 aliphatic carbocycles. The van der Waals surface area contributed by atoms with Crippen LogP contribution in [0.25, 0.3) is 5.57 Å². The quantitative estimate of drug-likeness (QED) is 0.913. The predicted octanol–water partition coefficient (Wildman–Crippen LogP) is 3.53. The Morgan fingerprint density at radius 1 is 0.913 bits per heavy atom. The van der Waals surface area contributed by atoms with Crippen LogP contribution in [0.1, 0.15) is 28.7 Å². The average Bonchev–Trinajstić information content (AvgIpc) is 2.73. The van der Waals surface area contributed by atoms with E-state index in [0.717, 1.165) is 32.4 Å². The van der Waals surface area contributed by atoms with Crippen LogP contribution in [-0.2, 0) is 12.8 Å². The third-order valence-electron chi connectivity index (χ3n) is 4.62. The molecule has 1 N–H and O–H groups in total. The van der Waals surface area contributed by atoms with E-state index in [2.05, 4.69) is 66.6 Å². The first-order valence-electron chi connectivity index (χ1n) is 8.45. The normalized spacial score (nSPS) is 13.4. The van der Waals surface area contributed by atoms with Gasteiger partial charge in [0.1, 0.15) is 0 Å². The van der Waals surface area contributed by atoms with Crippen molar-refractivity contribution in [2.75, 3.05) is 26.7 Å². The van der Waals surface area contributed by atoms with Crippen molar-refractivity contribution in [2.45, 2.75) is 19.3 Å². The molecule has 0 saturated heterocycles. The largest absolute Gasteiger partial charge is 0.395 e. The van der Waals surface area contributed by atoms with E-state index in [1.807, 2.05) is 0 Å². The highest BCUT2D eigenvalue weighted by Gasteiger charge is 2.16. The van der Waals surface area contributed by atoms with Gasteiger partial charge in [-0.1, -0.05) is 54.6 Å². The van der Waals surface area contributed by atoms with Crippen molar-refractivity contribution in [1.29, 1.82) is 0 Å². The predicted molar refractivity (Wildman–Crippen MR) is 96.6 cm³/mol. The first-order chi connectivity index (χ1) is 11.3. The van der Waals surface area contributed by atoms with E-state index in [1.54, 1.807) is 0 Å². The van der Waals surface area contributed by atoms with Gasteiger partial charge in [-0.25, -0.2) is 0 Å². The van der Waals surface area contributed by atoms with E-state index in [4.69, 9.17) is 5.11 Å². The molecule has 2 heteroatoms. The second-order valence-electron chi connectivity index (χ2n) is 6.25. The molecule has 0 aliphatic heterocycles. The lowest BCUT2D eigenvalue weighted by molar-refractivity contribution is 0.223. The number of aryl methyl sites for hydroxylation is 2. The van der Waals surface area contributed by atoms with Gasteiger partial charge >= 0.3 is 0 Å². The highest BCUT2D eigenvalue weighted by molar-refractivity contribution is 5.83. The van der Waals surface area contributed by atoms with Crippen LogP contribution < -0.4 is 0 Å². The Bertz CT molecular complexity index is 640. The second-order valence-corrected chi connectivity index (χ2v) is 6.25. The zero-order chi connectivity index (χ0) is 16.1. The molecule has 2 nitrogen and oxygen atoms in total. The molecular formula is C21H25NO. The summed E-state index contributed by atoms with van der Waals surface area (Å²) in [4.78, 5) is 2.17. The number of likely N-dealkylation sites (N-methyl/N-ethyl adjacent to an activating group) is 1. The van der Waals surface area contributed by atoms with Gasteiger partial charge in [0.05, 0.1) is 6.61 Å². The summed E-state index contributed by atoms with van der Waals surface area (Å²) < 4.78 is 0. The maximum atomic E-state index is 9.03. The number of aliphatic hydroxyl groups excluding tert-OH is 1. The van der Waals surface area contributed by atoms with Gasteiger partial charge < -0.3 is 10.0 Å². The summed E-state index contributed by atoms with van der Waals surface area (Å²) in [6, 6.07) is 17.6. The molecule has 0 unspecified atom stereocenters. The molecule has 0 radical (unpaired) electrons. The minimum Gasteiger partial charge on any atom is -0.395 e. The molecule has 3 rings (SSSR count). The average molecular weight is 307 g/mol. The first-order valence-corrected chi connectivity index (χ1v) is 8.45. The third kappa shape index (κ3) is 3.72. The molecule has 120 valence electrons. The minimum atomic E-state index is 0.221. The Hall–Kier alpha value is -1.90. The van der Waals surface area contributed by atoms with Crippen molar-refractivity contribution >= 4 is 5.57 Å². The van der Waals surface area contributed by atoms with Gasteiger partial charge in [0, 0.05) is 13.1 Å². The molecule has 0 bridgehead atoms. The van der Waals surface area contributed by atoms with Crippen LogP contribution in [0.15, 0.2) is 54.6 Å². The molecule has 0 amide bonds. The standard InChI is InChI=1S/C21H25NO/c1-22(15-16-23)14-6-11-21-19-9-4-2-7-17(19)12-13-18-8-3-5-10-20(18)21/h2-5,7-11,23H,6,12-16H2,1H3. The van der Waals surface area contributed by atoms with Crippen molar-refractivity contribution < 1.29 is 5.11 Å². The summed E-state index contributed by atoms with van der Waals surface area (Å²) in [5.74, 6) is 0. The number of nitrogens with zero attached hydrogens (tertiary/aromatic N) is 1. The van der Waals surface area contributed by atoms with Crippen LogP contribution in [0.4, 0.5) is 0 Å². The van der Waals surface area contributed by atoms with Crippen LogP contribution in [0.3, 0.4) is 0 Å². The monoisotopic (exact) mass is 307 g/mol. The van der Waals surface area contributed by atoms with Crippen LogP contribution in [0.5, 0.6) is 0 Å². The number of hydrogen-bond acceptors (Lipinski definition) is 2. The Labute approximate surface area is 139 Å². The summed E-state index contributed by atoms with van der Waals surface area (Å²) in [5, 5.41) is 9.03. The Kier molecular flexibility index (Phi) is 5.27. The molecule has 0 spiro atoms. The van der Waals surface area contributed by atoms with E-state index in [0.29, 0.717) is 0 Å². The highest BCUT2D eigenvalue weighted by Crippen LogP contribution is 2.33. The van der Waals surface area contributed by atoms with E-state index >= 15 is 0 Å². The second kappa shape index (κ2) is 7.58. The van der Waals surface area contributed by atoms with Crippen molar-refractivity contribution in [1.82, 2.24) is 4.90 Å². The fourth-order valence-electron chi connectivity index (χ4n) is 3.35. The van der Waals surface area contributed by atoms with Gasteiger partial charge in [-0.3, -0.25) is 0 Å². The zero-order valence-corrected chi connectivity index (χ0v) is 13.8. The fraction of sp³-hybridized carbons (Fsp3) is 0.333. The number of hydrogen-bond donors (Lipinski definition) is 1. The molecule has 0 saturated carbocycles. The number of fused-ring (bicyclic) bond motifs is 2. The Morgan fingerprint density at radius 3 is 2.04 bits per heavy atom. The molecular weight excluding hydrogens is 282 g/mol.